The molecule has 2 aromatic carbocycles. The van der Waals surface area contributed by atoms with Gasteiger partial charge in [0, 0.05) is 22.9 Å². The summed E-state index contributed by atoms with van der Waals surface area (Å²) in [4.78, 5) is 15.6. The van der Waals surface area contributed by atoms with E-state index < -0.39 is 28.6 Å². The van der Waals surface area contributed by atoms with Crippen LogP contribution in [0.4, 0.5) is 14.6 Å². The number of nitrogens with zero attached hydrogens (tertiary/aromatic N) is 3. The maximum absolute atomic E-state index is 13.9. The van der Waals surface area contributed by atoms with E-state index in [0.29, 0.717) is 21.7 Å². The summed E-state index contributed by atoms with van der Waals surface area (Å²) in [5, 5.41) is 20.5. The molecule has 0 aliphatic rings. The van der Waals surface area contributed by atoms with Crippen LogP contribution in [0.2, 0.25) is 0 Å². The van der Waals surface area contributed by atoms with E-state index in [9.17, 15) is 17.8 Å². The number of carboxylic acid groups (broad SMARTS) is 1. The van der Waals surface area contributed by atoms with E-state index in [-0.39, 0.29) is 23.1 Å². The molecule has 8 nitrogen and oxygen atoms in total. The fourth-order valence-corrected chi connectivity index (χ4v) is 4.23. The summed E-state index contributed by atoms with van der Waals surface area (Å²) in [6.45, 7) is 0. The number of aromatic nitrogens is 3. The quantitative estimate of drug-likeness (QED) is 0.392. The normalized spacial score (nSPS) is 12.1. The lowest BCUT2D eigenvalue weighted by atomic mass is 10.0. The van der Waals surface area contributed by atoms with Gasteiger partial charge in [0.15, 0.2) is 17.3 Å². The summed E-state index contributed by atoms with van der Waals surface area (Å²) in [6.07, 6.45) is 0.259. The van der Waals surface area contributed by atoms with E-state index in [1.807, 2.05) is 0 Å². The standard InChI is InChI=1S/C20H15F2N5O3S2/c21-14-6-3-11(8-15(14)22)17-13(7-10-1-4-12(5-2-10)32(24)30)18(23)27(26-17)20-25-16(9-31-20)19(28)29/h1-6,8-9H,7,23-24H2,(H,28,29). The number of hydrogen-bond acceptors (Lipinski definition) is 6. The molecule has 32 heavy (non-hydrogen) atoms. The minimum absolute atomic E-state index is 0.166. The molecule has 2 heterocycles. The van der Waals surface area contributed by atoms with E-state index in [0.717, 1.165) is 29.0 Å². The van der Waals surface area contributed by atoms with Crippen molar-refractivity contribution in [3.63, 3.8) is 0 Å². The fraction of sp³-hybridized carbons (Fsp3) is 0.0500. The van der Waals surface area contributed by atoms with E-state index in [1.165, 1.54) is 16.1 Å². The Hall–Kier alpha value is -3.48. The molecule has 164 valence electrons. The molecule has 12 heteroatoms. The number of nitrogen functional groups attached to an aromatic ring is 1. The Balaban J connectivity index is 1.83. The summed E-state index contributed by atoms with van der Waals surface area (Å²) in [6, 6.07) is 10.0. The molecule has 0 fully saturated rings. The van der Waals surface area contributed by atoms with Gasteiger partial charge in [-0.25, -0.2) is 27.9 Å². The van der Waals surface area contributed by atoms with Crippen LogP contribution in [0.15, 0.2) is 52.7 Å². The van der Waals surface area contributed by atoms with Gasteiger partial charge in [0.2, 0.25) is 5.13 Å². The maximum Gasteiger partial charge on any atom is 0.355 e. The monoisotopic (exact) mass is 475 g/mol. The summed E-state index contributed by atoms with van der Waals surface area (Å²) in [5.74, 6) is -3.07. The van der Waals surface area contributed by atoms with Crippen LogP contribution in [-0.4, -0.2) is 30.0 Å². The van der Waals surface area contributed by atoms with Crippen molar-refractivity contribution in [1.29, 1.82) is 0 Å². The van der Waals surface area contributed by atoms with Crippen molar-refractivity contribution in [3.8, 4) is 16.4 Å². The minimum Gasteiger partial charge on any atom is -0.476 e. The number of rotatable bonds is 6. The van der Waals surface area contributed by atoms with Crippen LogP contribution in [0.25, 0.3) is 16.4 Å². The zero-order chi connectivity index (χ0) is 23.0. The second kappa shape index (κ2) is 8.57. The second-order valence-corrected chi connectivity index (χ2v) is 8.59. The summed E-state index contributed by atoms with van der Waals surface area (Å²) in [7, 11) is -1.62. The fourth-order valence-electron chi connectivity index (χ4n) is 3.06. The zero-order valence-corrected chi connectivity index (χ0v) is 17.8. The summed E-state index contributed by atoms with van der Waals surface area (Å²) >= 11 is 1.03. The zero-order valence-electron chi connectivity index (χ0n) is 16.2. The number of benzene rings is 2. The number of hydrogen-bond donors (Lipinski definition) is 3. The van der Waals surface area contributed by atoms with Crippen molar-refractivity contribution < 1.29 is 22.9 Å². The number of aromatic carboxylic acids is 1. The molecule has 5 N–H and O–H groups in total. The lowest BCUT2D eigenvalue weighted by molar-refractivity contribution is 0.0691. The highest BCUT2D eigenvalue weighted by Crippen LogP contribution is 2.33. The number of anilines is 1. The Morgan fingerprint density at radius 2 is 1.88 bits per heavy atom. The van der Waals surface area contributed by atoms with Gasteiger partial charge in [0.25, 0.3) is 0 Å². The number of halogens is 2. The van der Waals surface area contributed by atoms with Crippen molar-refractivity contribution in [2.45, 2.75) is 11.3 Å². The van der Waals surface area contributed by atoms with E-state index in [1.54, 1.807) is 24.3 Å². The van der Waals surface area contributed by atoms with Gasteiger partial charge in [0.1, 0.15) is 16.8 Å². The van der Waals surface area contributed by atoms with Crippen molar-refractivity contribution in [3.05, 3.63) is 76.3 Å². The van der Waals surface area contributed by atoms with Gasteiger partial charge in [-0.2, -0.15) is 9.78 Å². The third-order valence-electron chi connectivity index (χ3n) is 4.65. The first-order valence-electron chi connectivity index (χ1n) is 9.01. The predicted octanol–water partition coefficient (Wildman–Crippen LogP) is 3.13. The molecule has 2 aromatic heterocycles. The highest BCUT2D eigenvalue weighted by Gasteiger charge is 2.22. The Labute approximate surface area is 186 Å². The van der Waals surface area contributed by atoms with Gasteiger partial charge in [-0.3, -0.25) is 0 Å². The molecule has 1 atom stereocenters. The van der Waals surface area contributed by atoms with Crippen LogP contribution >= 0.6 is 11.3 Å². The van der Waals surface area contributed by atoms with Gasteiger partial charge in [-0.1, -0.05) is 12.1 Å². The van der Waals surface area contributed by atoms with Gasteiger partial charge in [-0.15, -0.1) is 11.3 Å². The first-order valence-corrected chi connectivity index (χ1v) is 11.1. The Morgan fingerprint density at radius 3 is 2.47 bits per heavy atom. The van der Waals surface area contributed by atoms with Crippen LogP contribution in [0.3, 0.4) is 0 Å². The van der Waals surface area contributed by atoms with Gasteiger partial charge < -0.3 is 10.8 Å². The molecular formula is C20H15F2N5O3S2. The average molecular weight is 476 g/mol. The molecule has 0 spiro atoms. The first kappa shape index (κ1) is 21.7. The maximum atomic E-state index is 13.9. The summed E-state index contributed by atoms with van der Waals surface area (Å²) in [5.41, 5.74) is 8.03. The average Bonchev–Trinajstić information content (AvgIpc) is 3.36. The number of carboxylic acids is 1. The lowest BCUT2D eigenvalue weighted by Gasteiger charge is -2.06. The van der Waals surface area contributed by atoms with E-state index in [2.05, 4.69) is 10.1 Å². The molecule has 0 saturated carbocycles. The highest BCUT2D eigenvalue weighted by atomic mass is 32.2. The lowest BCUT2D eigenvalue weighted by Crippen LogP contribution is -2.05. The first-order chi connectivity index (χ1) is 15.2. The Bertz CT molecular complexity index is 1350. The van der Waals surface area contributed by atoms with Crippen molar-refractivity contribution in [2.75, 3.05) is 5.73 Å². The largest absolute Gasteiger partial charge is 0.476 e. The molecule has 4 aromatic rings. The molecule has 4 rings (SSSR count). The second-order valence-electron chi connectivity index (χ2n) is 6.69. The van der Waals surface area contributed by atoms with E-state index >= 15 is 0 Å². The predicted molar refractivity (Wildman–Crippen MR) is 116 cm³/mol. The molecule has 0 saturated heterocycles. The molecule has 0 aliphatic heterocycles. The van der Waals surface area contributed by atoms with Crippen molar-refractivity contribution in [2.24, 2.45) is 5.14 Å². The van der Waals surface area contributed by atoms with Crippen LogP contribution in [-0.2, 0) is 17.4 Å². The number of thiazole rings is 1. The van der Waals surface area contributed by atoms with Crippen LogP contribution in [0.1, 0.15) is 21.6 Å². The van der Waals surface area contributed by atoms with E-state index in [4.69, 9.17) is 16.0 Å². The van der Waals surface area contributed by atoms with Crippen LogP contribution in [0.5, 0.6) is 0 Å². The van der Waals surface area contributed by atoms with Crippen LogP contribution in [0, 0.1) is 11.6 Å². The van der Waals surface area contributed by atoms with Gasteiger partial charge in [-0.05, 0) is 35.9 Å². The summed E-state index contributed by atoms with van der Waals surface area (Å²) < 4.78 is 40.1. The third-order valence-corrected chi connectivity index (χ3v) is 6.20. The van der Waals surface area contributed by atoms with Crippen LogP contribution < -0.4 is 10.9 Å². The van der Waals surface area contributed by atoms with Gasteiger partial charge >= 0.3 is 5.97 Å². The molecule has 0 aliphatic carbocycles. The highest BCUT2D eigenvalue weighted by molar-refractivity contribution is 7.82. The Morgan fingerprint density at radius 1 is 1.16 bits per heavy atom. The molecule has 0 amide bonds. The molecule has 0 bridgehead atoms. The topological polar surface area (TPSA) is 137 Å². The third kappa shape index (κ3) is 4.15. The Kier molecular flexibility index (Phi) is 5.82. The van der Waals surface area contributed by atoms with Gasteiger partial charge in [0.05, 0.1) is 10.6 Å². The molecule has 1 unspecified atom stereocenters. The minimum atomic E-state index is -1.62. The van der Waals surface area contributed by atoms with Crippen molar-refractivity contribution in [1.82, 2.24) is 14.8 Å². The smallest absolute Gasteiger partial charge is 0.355 e. The number of carbonyl (C=O) groups is 1. The molecular weight excluding hydrogens is 460 g/mol. The molecule has 0 radical (unpaired) electrons. The van der Waals surface area contributed by atoms with Crippen molar-refractivity contribution >= 4 is 34.1 Å². The number of nitrogens with two attached hydrogens (primary N) is 2. The SMILES string of the molecule is Nc1c(Cc2ccc(S(N)=O)cc2)c(-c2ccc(F)c(F)c2)nn1-c1nc(C(=O)O)cs1.